The van der Waals surface area contributed by atoms with Crippen LogP contribution in [0.1, 0.15) is 30.5 Å². The summed E-state index contributed by atoms with van der Waals surface area (Å²) in [5.41, 5.74) is 3.60. The van der Waals surface area contributed by atoms with Crippen LogP contribution in [0, 0.1) is 13.8 Å². The highest BCUT2D eigenvalue weighted by Crippen LogP contribution is 2.27. The van der Waals surface area contributed by atoms with Gasteiger partial charge < -0.3 is 9.57 Å². The van der Waals surface area contributed by atoms with Gasteiger partial charge in [-0.3, -0.25) is 0 Å². The van der Waals surface area contributed by atoms with Crippen LogP contribution in [0.15, 0.2) is 12.1 Å². The third-order valence-electron chi connectivity index (χ3n) is 2.60. The van der Waals surface area contributed by atoms with Gasteiger partial charge in [0.1, 0.15) is 5.75 Å². The van der Waals surface area contributed by atoms with Gasteiger partial charge in [-0.15, -0.1) is 0 Å². The topological polar surface area (TPSA) is 44.5 Å². The molecule has 0 fully saturated rings. The van der Waals surface area contributed by atoms with Crippen LogP contribution in [-0.4, -0.2) is 12.7 Å². The van der Waals surface area contributed by atoms with Crippen molar-refractivity contribution in [1.82, 2.24) is 0 Å². The molecule has 0 aromatic heterocycles. The zero-order chi connectivity index (χ0) is 12.1. The second-order valence-corrected chi connectivity index (χ2v) is 4.28. The van der Waals surface area contributed by atoms with E-state index in [2.05, 4.69) is 30.8 Å². The predicted octanol–water partition coefficient (Wildman–Crippen LogP) is 2.52. The molecule has 0 saturated heterocycles. The number of nitrogens with two attached hydrogens (primary N) is 1. The number of hydrogen-bond acceptors (Lipinski definition) is 3. The Kier molecular flexibility index (Phi) is 4.77. The predicted molar refractivity (Wildman–Crippen MR) is 65.5 cm³/mol. The normalized spacial score (nSPS) is 10.9. The second-order valence-electron chi connectivity index (χ2n) is 4.28. The van der Waals surface area contributed by atoms with Gasteiger partial charge in [-0.25, -0.2) is 5.90 Å². The minimum atomic E-state index is 0.179. The van der Waals surface area contributed by atoms with Crippen LogP contribution in [-0.2, 0) is 11.3 Å². The smallest absolute Gasteiger partial charge is 0.126 e. The molecule has 3 nitrogen and oxygen atoms in total. The van der Waals surface area contributed by atoms with Crippen molar-refractivity contribution in [2.75, 3.05) is 6.61 Å². The van der Waals surface area contributed by atoms with Crippen molar-refractivity contribution in [2.45, 2.75) is 40.2 Å². The number of benzene rings is 1. The van der Waals surface area contributed by atoms with Crippen LogP contribution in [0.4, 0.5) is 0 Å². The first kappa shape index (κ1) is 13.0. The number of aryl methyl sites for hydroxylation is 1. The van der Waals surface area contributed by atoms with Crippen molar-refractivity contribution >= 4 is 0 Å². The Balaban J connectivity index is 3.01. The summed E-state index contributed by atoms with van der Waals surface area (Å²) in [4.78, 5) is 4.62. The van der Waals surface area contributed by atoms with E-state index in [1.54, 1.807) is 0 Å². The van der Waals surface area contributed by atoms with Crippen LogP contribution in [0.5, 0.6) is 5.75 Å². The SMILES string of the molecule is Cc1ccc(CCON)c(OC(C)C)c1C. The largest absolute Gasteiger partial charge is 0.490 e. The van der Waals surface area contributed by atoms with E-state index in [4.69, 9.17) is 10.6 Å². The van der Waals surface area contributed by atoms with Gasteiger partial charge in [0, 0.05) is 6.42 Å². The first-order valence-electron chi connectivity index (χ1n) is 5.63. The lowest BCUT2D eigenvalue weighted by Gasteiger charge is -2.18. The van der Waals surface area contributed by atoms with E-state index in [1.807, 2.05) is 13.8 Å². The molecular formula is C13H21NO2. The molecule has 0 radical (unpaired) electrons. The molecule has 0 bridgehead atoms. The van der Waals surface area contributed by atoms with Crippen molar-refractivity contribution in [3.63, 3.8) is 0 Å². The van der Waals surface area contributed by atoms with Crippen LogP contribution in [0.3, 0.4) is 0 Å². The minimum absolute atomic E-state index is 0.179. The Labute approximate surface area is 97.5 Å². The number of rotatable bonds is 5. The lowest BCUT2D eigenvalue weighted by molar-refractivity contribution is 0.140. The molecular weight excluding hydrogens is 202 g/mol. The molecule has 0 amide bonds. The van der Waals surface area contributed by atoms with E-state index in [9.17, 15) is 0 Å². The third kappa shape index (κ3) is 3.22. The molecule has 1 aromatic rings. The molecule has 90 valence electrons. The molecule has 3 heteroatoms. The summed E-state index contributed by atoms with van der Waals surface area (Å²) in [5.74, 6) is 6.03. The Morgan fingerprint density at radius 1 is 1.25 bits per heavy atom. The Morgan fingerprint density at radius 2 is 1.94 bits per heavy atom. The van der Waals surface area contributed by atoms with Gasteiger partial charge in [-0.05, 0) is 44.4 Å². The Hall–Kier alpha value is -1.06. The maximum Gasteiger partial charge on any atom is 0.126 e. The van der Waals surface area contributed by atoms with Crippen molar-refractivity contribution < 1.29 is 9.57 Å². The zero-order valence-electron chi connectivity index (χ0n) is 10.5. The van der Waals surface area contributed by atoms with Crippen molar-refractivity contribution in [3.05, 3.63) is 28.8 Å². The summed E-state index contributed by atoms with van der Waals surface area (Å²) in [6.45, 7) is 8.75. The Morgan fingerprint density at radius 3 is 2.50 bits per heavy atom. The highest BCUT2D eigenvalue weighted by atomic mass is 16.6. The fourth-order valence-corrected chi connectivity index (χ4v) is 1.61. The van der Waals surface area contributed by atoms with Gasteiger partial charge in [0.15, 0.2) is 0 Å². The molecule has 0 unspecified atom stereocenters. The molecule has 0 aliphatic carbocycles. The minimum Gasteiger partial charge on any atom is -0.490 e. The molecule has 0 spiro atoms. The molecule has 1 aromatic carbocycles. The Bertz CT molecular complexity index is 348. The van der Waals surface area contributed by atoms with Gasteiger partial charge in [0.2, 0.25) is 0 Å². The van der Waals surface area contributed by atoms with Gasteiger partial charge in [-0.1, -0.05) is 12.1 Å². The lowest BCUT2D eigenvalue weighted by Crippen LogP contribution is -2.11. The van der Waals surface area contributed by atoms with E-state index in [0.717, 1.165) is 17.7 Å². The van der Waals surface area contributed by atoms with Gasteiger partial charge in [0.05, 0.1) is 12.7 Å². The first-order chi connectivity index (χ1) is 7.56. The van der Waals surface area contributed by atoms with E-state index in [-0.39, 0.29) is 6.10 Å². The molecule has 0 aliphatic rings. The quantitative estimate of drug-likeness (QED) is 0.780. The number of hydrogen-bond donors (Lipinski definition) is 1. The summed E-state index contributed by atoms with van der Waals surface area (Å²) < 4.78 is 5.86. The van der Waals surface area contributed by atoms with E-state index in [1.165, 1.54) is 11.1 Å². The highest BCUT2D eigenvalue weighted by Gasteiger charge is 2.10. The maximum atomic E-state index is 5.86. The molecule has 0 heterocycles. The van der Waals surface area contributed by atoms with E-state index >= 15 is 0 Å². The highest BCUT2D eigenvalue weighted by molar-refractivity contribution is 5.45. The van der Waals surface area contributed by atoms with E-state index < -0.39 is 0 Å². The van der Waals surface area contributed by atoms with Crippen molar-refractivity contribution in [2.24, 2.45) is 5.90 Å². The van der Waals surface area contributed by atoms with E-state index in [0.29, 0.717) is 6.61 Å². The van der Waals surface area contributed by atoms with Crippen LogP contribution in [0.25, 0.3) is 0 Å². The van der Waals surface area contributed by atoms with Gasteiger partial charge in [0.25, 0.3) is 0 Å². The summed E-state index contributed by atoms with van der Waals surface area (Å²) in [6.07, 6.45) is 0.956. The lowest BCUT2D eigenvalue weighted by atomic mass is 10.0. The molecule has 2 N–H and O–H groups in total. The van der Waals surface area contributed by atoms with Crippen LogP contribution >= 0.6 is 0 Å². The third-order valence-corrected chi connectivity index (χ3v) is 2.60. The monoisotopic (exact) mass is 223 g/mol. The maximum absolute atomic E-state index is 5.86. The first-order valence-corrected chi connectivity index (χ1v) is 5.63. The number of ether oxygens (including phenoxy) is 1. The molecule has 0 aliphatic heterocycles. The van der Waals surface area contributed by atoms with Crippen molar-refractivity contribution in [3.8, 4) is 5.75 Å². The fourth-order valence-electron chi connectivity index (χ4n) is 1.61. The standard InChI is InChI=1S/C13H21NO2/c1-9(2)16-13-11(4)10(3)5-6-12(13)7-8-15-14/h5-6,9H,7-8,14H2,1-4H3. The summed E-state index contributed by atoms with van der Waals surface area (Å²) in [6, 6.07) is 4.19. The fraction of sp³-hybridized carbons (Fsp3) is 0.538. The second kappa shape index (κ2) is 5.87. The average Bonchev–Trinajstić information content (AvgIpc) is 2.23. The van der Waals surface area contributed by atoms with Crippen LogP contribution < -0.4 is 10.6 Å². The summed E-state index contributed by atoms with van der Waals surface area (Å²) >= 11 is 0. The van der Waals surface area contributed by atoms with Gasteiger partial charge >= 0.3 is 0 Å². The molecule has 0 atom stereocenters. The van der Waals surface area contributed by atoms with Crippen molar-refractivity contribution in [1.29, 1.82) is 0 Å². The zero-order valence-corrected chi connectivity index (χ0v) is 10.5. The molecule has 1 rings (SSSR count). The van der Waals surface area contributed by atoms with Gasteiger partial charge in [-0.2, -0.15) is 0 Å². The summed E-state index contributed by atoms with van der Waals surface area (Å²) in [5, 5.41) is 0. The average molecular weight is 223 g/mol. The molecule has 16 heavy (non-hydrogen) atoms. The van der Waals surface area contributed by atoms with Crippen LogP contribution in [0.2, 0.25) is 0 Å². The molecule has 0 saturated carbocycles. The summed E-state index contributed by atoms with van der Waals surface area (Å²) in [7, 11) is 0.